The average molecular weight is 689 g/mol. The molecule has 0 bridgehead atoms. The molecule has 252 valence electrons. The van der Waals surface area contributed by atoms with Gasteiger partial charge in [0.15, 0.2) is 5.82 Å². The van der Waals surface area contributed by atoms with Crippen LogP contribution in [0.25, 0.3) is 99.7 Å². The molecule has 4 nitrogen and oxygen atoms in total. The van der Waals surface area contributed by atoms with E-state index < -0.39 is 0 Å². The molecule has 0 saturated heterocycles. The number of hydrogen-bond acceptors (Lipinski definition) is 4. The molecular weight excluding hydrogens is 657 g/mol. The van der Waals surface area contributed by atoms with E-state index in [0.29, 0.717) is 5.82 Å². The third-order valence-electron chi connectivity index (χ3n) is 10.2. The Morgan fingerprint density at radius 2 is 0.907 bits per heavy atom. The summed E-state index contributed by atoms with van der Waals surface area (Å²) < 4.78 is 0. The number of fused-ring (bicyclic) bond motifs is 3. The second-order valence-electron chi connectivity index (χ2n) is 13.4. The van der Waals surface area contributed by atoms with Gasteiger partial charge in [-0.2, -0.15) is 0 Å². The molecular formula is C50H32N4. The molecule has 0 atom stereocenters. The predicted molar refractivity (Wildman–Crippen MR) is 223 cm³/mol. The van der Waals surface area contributed by atoms with Crippen molar-refractivity contribution < 1.29 is 0 Å². The van der Waals surface area contributed by atoms with E-state index in [1.807, 2.05) is 55.0 Å². The maximum absolute atomic E-state index is 5.31. The maximum Gasteiger partial charge on any atom is 0.161 e. The van der Waals surface area contributed by atoms with Crippen LogP contribution in [0.1, 0.15) is 0 Å². The summed E-state index contributed by atoms with van der Waals surface area (Å²) in [5.74, 6) is 0.650. The van der Waals surface area contributed by atoms with Gasteiger partial charge in [-0.3, -0.25) is 9.97 Å². The highest BCUT2D eigenvalue weighted by Crippen LogP contribution is 2.44. The van der Waals surface area contributed by atoms with E-state index in [2.05, 4.69) is 145 Å². The van der Waals surface area contributed by atoms with Crippen LogP contribution >= 0.6 is 0 Å². The SMILES string of the molecule is c1ccc(-c2c3ccccc3c(-c3cccc(-c4cc(-c5cnc6ccccc6c5)nc(-c5ccccc5-c5ccncc5)n4)c3)c3ccccc23)cc1. The van der Waals surface area contributed by atoms with E-state index in [1.165, 1.54) is 38.2 Å². The normalized spacial score (nSPS) is 11.3. The third kappa shape index (κ3) is 5.58. The van der Waals surface area contributed by atoms with Crippen LogP contribution in [0.4, 0.5) is 0 Å². The molecule has 54 heavy (non-hydrogen) atoms. The summed E-state index contributed by atoms with van der Waals surface area (Å²) in [6.07, 6.45) is 5.55. The number of para-hydroxylation sites is 1. The summed E-state index contributed by atoms with van der Waals surface area (Å²) >= 11 is 0. The first-order chi connectivity index (χ1) is 26.8. The van der Waals surface area contributed by atoms with Gasteiger partial charge in [0.05, 0.1) is 16.9 Å². The van der Waals surface area contributed by atoms with Gasteiger partial charge in [-0.15, -0.1) is 0 Å². The van der Waals surface area contributed by atoms with Crippen molar-refractivity contribution in [1.82, 2.24) is 19.9 Å². The smallest absolute Gasteiger partial charge is 0.161 e. The Kier molecular flexibility index (Phi) is 7.77. The number of nitrogens with zero attached hydrogens (tertiary/aromatic N) is 4. The lowest BCUT2D eigenvalue weighted by molar-refractivity contribution is 1.18. The van der Waals surface area contributed by atoms with Gasteiger partial charge in [0, 0.05) is 40.7 Å². The summed E-state index contributed by atoms with van der Waals surface area (Å²) in [5, 5.41) is 5.94. The van der Waals surface area contributed by atoms with Gasteiger partial charge in [0.2, 0.25) is 0 Å². The molecule has 7 aromatic carbocycles. The third-order valence-corrected chi connectivity index (χ3v) is 10.2. The zero-order chi connectivity index (χ0) is 35.8. The van der Waals surface area contributed by atoms with Crippen LogP contribution in [-0.2, 0) is 0 Å². The van der Waals surface area contributed by atoms with Crippen molar-refractivity contribution in [2.24, 2.45) is 0 Å². The van der Waals surface area contributed by atoms with Crippen LogP contribution in [0.5, 0.6) is 0 Å². The summed E-state index contributed by atoms with van der Waals surface area (Å²) in [7, 11) is 0. The Morgan fingerprint density at radius 1 is 0.352 bits per heavy atom. The van der Waals surface area contributed by atoms with Crippen LogP contribution in [0, 0.1) is 0 Å². The van der Waals surface area contributed by atoms with Crippen LogP contribution in [-0.4, -0.2) is 19.9 Å². The lowest BCUT2D eigenvalue weighted by Crippen LogP contribution is -1.98. The predicted octanol–water partition coefficient (Wildman–Crippen LogP) is 12.7. The number of hydrogen-bond donors (Lipinski definition) is 0. The van der Waals surface area contributed by atoms with E-state index >= 15 is 0 Å². The number of rotatable bonds is 6. The molecule has 3 aromatic heterocycles. The van der Waals surface area contributed by atoms with Crippen molar-refractivity contribution in [1.29, 1.82) is 0 Å². The van der Waals surface area contributed by atoms with Gasteiger partial charge in [0.25, 0.3) is 0 Å². The van der Waals surface area contributed by atoms with E-state index in [9.17, 15) is 0 Å². The summed E-state index contributed by atoms with van der Waals surface area (Å²) in [6.45, 7) is 0. The molecule has 0 saturated carbocycles. The lowest BCUT2D eigenvalue weighted by atomic mass is 9.85. The van der Waals surface area contributed by atoms with Crippen molar-refractivity contribution in [2.45, 2.75) is 0 Å². The first-order valence-electron chi connectivity index (χ1n) is 18.1. The molecule has 3 heterocycles. The minimum absolute atomic E-state index is 0.650. The van der Waals surface area contributed by atoms with Crippen molar-refractivity contribution in [3.05, 3.63) is 195 Å². The van der Waals surface area contributed by atoms with Crippen molar-refractivity contribution >= 4 is 32.4 Å². The van der Waals surface area contributed by atoms with Crippen LogP contribution in [0.3, 0.4) is 0 Å². The average Bonchev–Trinajstić information content (AvgIpc) is 3.26. The highest BCUT2D eigenvalue weighted by atomic mass is 14.9. The molecule has 4 heteroatoms. The second kappa shape index (κ2) is 13.4. The van der Waals surface area contributed by atoms with Gasteiger partial charge in [-0.05, 0) is 91.3 Å². The zero-order valence-electron chi connectivity index (χ0n) is 29.3. The Balaban J connectivity index is 1.20. The summed E-state index contributed by atoms with van der Waals surface area (Å²) in [4.78, 5) is 19.6. The van der Waals surface area contributed by atoms with Crippen LogP contribution in [0.15, 0.2) is 195 Å². The fourth-order valence-electron chi connectivity index (χ4n) is 7.73. The summed E-state index contributed by atoms with van der Waals surface area (Å²) in [6, 6.07) is 61.9. The Morgan fingerprint density at radius 3 is 1.63 bits per heavy atom. The number of aromatic nitrogens is 4. The maximum atomic E-state index is 5.31. The minimum atomic E-state index is 0.650. The molecule has 0 aliphatic heterocycles. The summed E-state index contributed by atoms with van der Waals surface area (Å²) in [5.41, 5.74) is 12.4. The second-order valence-corrected chi connectivity index (χ2v) is 13.4. The molecule has 0 N–H and O–H groups in total. The molecule has 0 unspecified atom stereocenters. The van der Waals surface area contributed by atoms with E-state index in [0.717, 1.165) is 55.7 Å². The topological polar surface area (TPSA) is 51.6 Å². The van der Waals surface area contributed by atoms with Crippen molar-refractivity contribution in [3.63, 3.8) is 0 Å². The minimum Gasteiger partial charge on any atom is -0.265 e. The largest absolute Gasteiger partial charge is 0.265 e. The molecule has 0 spiro atoms. The van der Waals surface area contributed by atoms with Gasteiger partial charge < -0.3 is 0 Å². The van der Waals surface area contributed by atoms with Crippen LogP contribution < -0.4 is 0 Å². The van der Waals surface area contributed by atoms with Gasteiger partial charge >= 0.3 is 0 Å². The Bertz CT molecular complexity index is 2940. The van der Waals surface area contributed by atoms with Crippen LogP contribution in [0.2, 0.25) is 0 Å². The highest BCUT2D eigenvalue weighted by molar-refractivity contribution is 6.21. The molecule has 0 amide bonds. The first kappa shape index (κ1) is 31.4. The molecule has 10 rings (SSSR count). The first-order valence-corrected chi connectivity index (χ1v) is 18.1. The molecule has 0 aliphatic rings. The van der Waals surface area contributed by atoms with E-state index in [1.54, 1.807) is 0 Å². The number of pyridine rings is 2. The Hall–Kier alpha value is -7.30. The monoisotopic (exact) mass is 688 g/mol. The van der Waals surface area contributed by atoms with Gasteiger partial charge in [-0.1, -0.05) is 140 Å². The quantitative estimate of drug-likeness (QED) is 0.163. The fourth-order valence-corrected chi connectivity index (χ4v) is 7.73. The molecule has 0 aliphatic carbocycles. The lowest BCUT2D eigenvalue weighted by Gasteiger charge is -2.18. The van der Waals surface area contributed by atoms with Gasteiger partial charge in [0.1, 0.15) is 0 Å². The number of benzene rings is 7. The zero-order valence-corrected chi connectivity index (χ0v) is 29.3. The Labute approximate surface area is 313 Å². The van der Waals surface area contributed by atoms with Crippen molar-refractivity contribution in [3.8, 4) is 67.3 Å². The fraction of sp³-hybridized carbons (Fsp3) is 0. The molecule has 10 aromatic rings. The highest BCUT2D eigenvalue weighted by Gasteiger charge is 2.19. The molecule has 0 radical (unpaired) electrons. The van der Waals surface area contributed by atoms with Gasteiger partial charge in [-0.25, -0.2) is 9.97 Å². The van der Waals surface area contributed by atoms with E-state index in [4.69, 9.17) is 15.0 Å². The van der Waals surface area contributed by atoms with E-state index in [-0.39, 0.29) is 0 Å². The molecule has 0 fully saturated rings. The van der Waals surface area contributed by atoms with Crippen molar-refractivity contribution in [2.75, 3.05) is 0 Å². The standard InChI is InChI=1S/C50H32N4/c1-2-13-34(14-3-1)48-40-19-6-8-21-42(40)49(43-22-9-7-20-41(43)48)37-17-12-16-36(29-37)46-31-47(38-30-35-15-4-11-24-45(35)52-32-38)54-50(53-46)44-23-10-5-18-39(44)33-25-27-51-28-26-33/h1-32H.